The molecule has 1 amide bonds. The summed E-state index contributed by atoms with van der Waals surface area (Å²) in [6.45, 7) is 3.08. The Hall–Kier alpha value is -2.11. The first-order valence-electron chi connectivity index (χ1n) is 9.52. The number of aryl methyl sites for hydroxylation is 2. The van der Waals surface area contributed by atoms with Crippen LogP contribution in [0.4, 0.5) is 0 Å². The maximum atomic E-state index is 12.8. The van der Waals surface area contributed by atoms with Gasteiger partial charge in [-0.05, 0) is 61.1 Å². The van der Waals surface area contributed by atoms with E-state index in [2.05, 4.69) is 4.98 Å². The molecule has 1 atom stereocenters. The van der Waals surface area contributed by atoms with Gasteiger partial charge in [0.25, 0.3) is 5.91 Å². The molecule has 0 unspecified atom stereocenters. The number of hydrogen-bond acceptors (Lipinski definition) is 3. The number of carbonyl (C=O) groups is 2. The lowest BCUT2D eigenvalue weighted by atomic mass is 9.98. The maximum Gasteiger partial charge on any atom is 0.270 e. The molecule has 0 radical (unpaired) electrons. The van der Waals surface area contributed by atoms with E-state index < -0.39 is 0 Å². The molecule has 3 N–H and O–H groups in total. The van der Waals surface area contributed by atoms with Crippen LogP contribution < -0.4 is 5.73 Å². The van der Waals surface area contributed by atoms with Crippen LogP contribution >= 0.6 is 11.6 Å². The minimum absolute atomic E-state index is 0.0871. The molecule has 1 saturated heterocycles. The number of halogens is 1. The molecule has 1 aliphatic rings. The first kappa shape index (κ1) is 19.6. The van der Waals surface area contributed by atoms with Crippen molar-refractivity contribution in [2.75, 3.05) is 6.54 Å². The number of nitrogens with zero attached hydrogens (tertiary/aromatic N) is 1. The molecule has 0 spiro atoms. The summed E-state index contributed by atoms with van der Waals surface area (Å²) >= 11 is 6.08. The zero-order valence-corrected chi connectivity index (χ0v) is 16.4. The lowest BCUT2D eigenvalue weighted by molar-refractivity contribution is -0.122. The normalized spacial score (nSPS) is 16.7. The van der Waals surface area contributed by atoms with Crippen molar-refractivity contribution in [3.8, 4) is 0 Å². The second-order valence-electron chi connectivity index (χ2n) is 6.99. The molecule has 6 heteroatoms. The van der Waals surface area contributed by atoms with Crippen LogP contribution in [0.2, 0.25) is 5.02 Å². The zero-order chi connectivity index (χ0) is 19.4. The van der Waals surface area contributed by atoms with Gasteiger partial charge in [0.1, 0.15) is 5.69 Å². The standard InChI is InChI=1S/C21H26ClN3O2/c1-2-17-8-9-18(24-17)21(27)25-11-3-4-19(25)20(26)10-6-14-12-16(22)7-5-15(14)13-23/h5,7-9,12,19,24H,2-4,6,10-11,13,23H2,1H3/t19-/m0/s1. The lowest BCUT2D eigenvalue weighted by Gasteiger charge is -2.23. The summed E-state index contributed by atoms with van der Waals surface area (Å²) in [5.74, 6) is 0.0158. The summed E-state index contributed by atoms with van der Waals surface area (Å²) in [4.78, 5) is 30.5. The largest absolute Gasteiger partial charge is 0.354 e. The van der Waals surface area contributed by atoms with Crippen molar-refractivity contribution in [3.63, 3.8) is 0 Å². The minimum Gasteiger partial charge on any atom is -0.354 e. The summed E-state index contributed by atoms with van der Waals surface area (Å²) in [5.41, 5.74) is 9.38. The smallest absolute Gasteiger partial charge is 0.270 e. The quantitative estimate of drug-likeness (QED) is 0.763. The van der Waals surface area contributed by atoms with Gasteiger partial charge in [0, 0.05) is 30.2 Å². The highest BCUT2D eigenvalue weighted by Crippen LogP contribution is 2.24. The van der Waals surface area contributed by atoms with Gasteiger partial charge in [0.05, 0.1) is 6.04 Å². The Morgan fingerprint density at radius 1 is 1.26 bits per heavy atom. The van der Waals surface area contributed by atoms with Gasteiger partial charge in [-0.1, -0.05) is 24.6 Å². The van der Waals surface area contributed by atoms with Gasteiger partial charge in [0.2, 0.25) is 0 Å². The van der Waals surface area contributed by atoms with Crippen LogP contribution in [0.3, 0.4) is 0 Å². The van der Waals surface area contributed by atoms with E-state index in [4.69, 9.17) is 17.3 Å². The van der Waals surface area contributed by atoms with Crippen molar-refractivity contribution in [1.82, 2.24) is 9.88 Å². The molecular formula is C21H26ClN3O2. The molecule has 1 aromatic carbocycles. The predicted octanol–water partition coefficient (Wildman–Crippen LogP) is 3.50. The number of carbonyl (C=O) groups excluding carboxylic acids is 2. The molecule has 2 aromatic rings. The van der Waals surface area contributed by atoms with Crippen molar-refractivity contribution in [2.45, 2.75) is 51.6 Å². The molecule has 0 aliphatic carbocycles. The molecule has 5 nitrogen and oxygen atoms in total. The highest BCUT2D eigenvalue weighted by Gasteiger charge is 2.34. The Morgan fingerprint density at radius 3 is 2.78 bits per heavy atom. The summed E-state index contributed by atoms with van der Waals surface area (Å²) in [6.07, 6.45) is 3.40. The minimum atomic E-state index is -0.341. The molecule has 0 saturated carbocycles. The summed E-state index contributed by atoms with van der Waals surface area (Å²) in [5, 5.41) is 0.644. The van der Waals surface area contributed by atoms with Crippen LogP contribution in [0.25, 0.3) is 0 Å². The van der Waals surface area contributed by atoms with E-state index >= 15 is 0 Å². The Bertz CT molecular complexity index is 831. The number of nitrogens with two attached hydrogens (primary N) is 1. The first-order valence-corrected chi connectivity index (χ1v) is 9.90. The van der Waals surface area contributed by atoms with Gasteiger partial charge in [-0.15, -0.1) is 0 Å². The van der Waals surface area contributed by atoms with Gasteiger partial charge in [-0.3, -0.25) is 9.59 Å². The third kappa shape index (κ3) is 4.42. The molecule has 144 valence electrons. The van der Waals surface area contributed by atoms with Gasteiger partial charge in [0.15, 0.2) is 5.78 Å². The van der Waals surface area contributed by atoms with Crippen molar-refractivity contribution in [3.05, 3.63) is 57.9 Å². The van der Waals surface area contributed by atoms with Crippen molar-refractivity contribution in [2.24, 2.45) is 5.73 Å². The van der Waals surface area contributed by atoms with Crippen LogP contribution in [0.5, 0.6) is 0 Å². The topological polar surface area (TPSA) is 79.2 Å². The highest BCUT2D eigenvalue weighted by molar-refractivity contribution is 6.30. The number of hydrogen-bond donors (Lipinski definition) is 2. The fraction of sp³-hybridized carbons (Fsp3) is 0.429. The second kappa shape index (κ2) is 8.72. The molecule has 1 aromatic heterocycles. The van der Waals surface area contributed by atoms with Gasteiger partial charge in [-0.25, -0.2) is 0 Å². The van der Waals surface area contributed by atoms with E-state index in [1.165, 1.54) is 0 Å². The van der Waals surface area contributed by atoms with E-state index in [9.17, 15) is 9.59 Å². The van der Waals surface area contributed by atoms with E-state index in [0.29, 0.717) is 36.6 Å². The average Bonchev–Trinajstić information content (AvgIpc) is 3.35. The molecular weight excluding hydrogens is 362 g/mol. The number of H-pyrrole nitrogens is 1. The van der Waals surface area contributed by atoms with E-state index in [1.54, 1.807) is 11.0 Å². The predicted molar refractivity (Wildman–Crippen MR) is 107 cm³/mol. The Kier molecular flexibility index (Phi) is 6.34. The van der Waals surface area contributed by atoms with Crippen LogP contribution in [0, 0.1) is 0 Å². The molecule has 27 heavy (non-hydrogen) atoms. The van der Waals surface area contributed by atoms with Crippen molar-refractivity contribution < 1.29 is 9.59 Å². The number of rotatable bonds is 7. The van der Waals surface area contributed by atoms with E-state index in [0.717, 1.165) is 36.1 Å². The lowest BCUT2D eigenvalue weighted by Crippen LogP contribution is -2.40. The van der Waals surface area contributed by atoms with Gasteiger partial charge < -0.3 is 15.6 Å². The fourth-order valence-electron chi connectivity index (χ4n) is 3.72. The Labute approximate surface area is 164 Å². The summed E-state index contributed by atoms with van der Waals surface area (Å²) in [7, 11) is 0. The maximum absolute atomic E-state index is 12.8. The number of amides is 1. The number of Topliss-reactive ketones (excluding diaryl/α,β-unsaturated/α-hetero) is 1. The summed E-state index contributed by atoms with van der Waals surface area (Å²) in [6, 6.07) is 8.98. The number of nitrogens with one attached hydrogen (secondary N) is 1. The van der Waals surface area contributed by atoms with Crippen LogP contribution in [-0.4, -0.2) is 34.2 Å². The molecule has 3 rings (SSSR count). The zero-order valence-electron chi connectivity index (χ0n) is 15.6. The monoisotopic (exact) mass is 387 g/mol. The van der Waals surface area contributed by atoms with Crippen LogP contribution in [-0.2, 0) is 24.2 Å². The van der Waals surface area contributed by atoms with E-state index in [-0.39, 0.29) is 17.7 Å². The third-order valence-corrected chi connectivity index (χ3v) is 5.51. The van der Waals surface area contributed by atoms with Crippen molar-refractivity contribution >= 4 is 23.3 Å². The number of likely N-dealkylation sites (tertiary alicyclic amines) is 1. The van der Waals surface area contributed by atoms with E-state index in [1.807, 2.05) is 31.2 Å². The average molecular weight is 388 g/mol. The number of aromatic amines is 1. The number of benzene rings is 1. The van der Waals surface area contributed by atoms with Gasteiger partial charge in [-0.2, -0.15) is 0 Å². The van der Waals surface area contributed by atoms with Gasteiger partial charge >= 0.3 is 0 Å². The Morgan fingerprint density at radius 2 is 2.07 bits per heavy atom. The highest BCUT2D eigenvalue weighted by atomic mass is 35.5. The molecule has 2 heterocycles. The number of ketones is 1. The number of aromatic nitrogens is 1. The fourth-order valence-corrected chi connectivity index (χ4v) is 3.92. The first-order chi connectivity index (χ1) is 13.0. The molecule has 1 aliphatic heterocycles. The van der Waals surface area contributed by atoms with Crippen molar-refractivity contribution in [1.29, 1.82) is 0 Å². The SMILES string of the molecule is CCc1ccc(C(=O)N2CCC[C@H]2C(=O)CCc2cc(Cl)ccc2CN)[nH]1. The van der Waals surface area contributed by atoms with Crippen LogP contribution in [0.1, 0.15) is 53.5 Å². The Balaban J connectivity index is 1.67. The molecule has 1 fully saturated rings. The van der Waals surface area contributed by atoms with Crippen LogP contribution in [0.15, 0.2) is 30.3 Å². The summed E-state index contributed by atoms with van der Waals surface area (Å²) < 4.78 is 0. The third-order valence-electron chi connectivity index (χ3n) is 5.27. The molecule has 0 bridgehead atoms. The second-order valence-corrected chi connectivity index (χ2v) is 7.43.